The molecule has 0 N–H and O–H groups in total. The molecule has 0 saturated heterocycles. The Morgan fingerprint density at radius 1 is 1.38 bits per heavy atom. The van der Waals surface area contributed by atoms with Gasteiger partial charge in [-0.1, -0.05) is 0 Å². The molecule has 2 aromatic rings. The van der Waals surface area contributed by atoms with Crippen molar-refractivity contribution in [2.45, 2.75) is 6.18 Å². The van der Waals surface area contributed by atoms with Crippen LogP contribution in [0.5, 0.6) is 0 Å². The minimum absolute atomic E-state index is 0.373. The molecule has 0 radical (unpaired) electrons. The number of aryl methyl sites for hydroxylation is 1. The average molecular weight is 228 g/mol. The van der Waals surface area contributed by atoms with Gasteiger partial charge in [0.1, 0.15) is 0 Å². The van der Waals surface area contributed by atoms with Crippen LogP contribution >= 0.6 is 0 Å². The minimum atomic E-state index is -4.84. The summed E-state index contributed by atoms with van der Waals surface area (Å²) in [4.78, 5) is 14.8. The fraction of sp³-hybridized carbons (Fsp3) is 0.200. The maximum atomic E-state index is 12.2. The lowest BCUT2D eigenvalue weighted by Gasteiger charge is -2.04. The Labute approximate surface area is 88.5 Å². The predicted molar refractivity (Wildman–Crippen MR) is 51.1 cm³/mol. The highest BCUT2D eigenvalue weighted by molar-refractivity contribution is 6.02. The highest BCUT2D eigenvalue weighted by Gasteiger charge is 2.39. The van der Waals surface area contributed by atoms with Crippen LogP contribution < -0.4 is 0 Å². The van der Waals surface area contributed by atoms with E-state index in [-0.39, 0.29) is 0 Å². The van der Waals surface area contributed by atoms with Gasteiger partial charge in [0.2, 0.25) is 0 Å². The van der Waals surface area contributed by atoms with E-state index < -0.39 is 17.5 Å². The molecule has 1 heterocycles. The number of rotatable bonds is 1. The first-order valence-electron chi connectivity index (χ1n) is 4.42. The fourth-order valence-corrected chi connectivity index (χ4v) is 1.44. The van der Waals surface area contributed by atoms with Crippen molar-refractivity contribution >= 4 is 16.8 Å². The van der Waals surface area contributed by atoms with E-state index in [0.29, 0.717) is 11.0 Å². The van der Waals surface area contributed by atoms with Crippen LogP contribution in [-0.4, -0.2) is 21.5 Å². The molecule has 0 amide bonds. The molecule has 2 rings (SSSR count). The zero-order valence-electron chi connectivity index (χ0n) is 8.25. The number of carbonyl (C=O) groups excluding carboxylic acids is 1. The van der Waals surface area contributed by atoms with Crippen LogP contribution in [0.25, 0.3) is 11.0 Å². The molecule has 0 unspecified atom stereocenters. The molecule has 0 atom stereocenters. The number of hydrogen-bond donors (Lipinski definition) is 0. The molecule has 0 saturated carbocycles. The second-order valence-corrected chi connectivity index (χ2v) is 3.39. The lowest BCUT2D eigenvalue weighted by atomic mass is 10.1. The molecule has 0 aliphatic heterocycles. The molecule has 84 valence electrons. The van der Waals surface area contributed by atoms with Crippen molar-refractivity contribution in [3.8, 4) is 0 Å². The van der Waals surface area contributed by atoms with E-state index in [9.17, 15) is 18.0 Å². The summed E-state index contributed by atoms with van der Waals surface area (Å²) in [6.07, 6.45) is -3.37. The van der Waals surface area contributed by atoms with Crippen molar-refractivity contribution in [3.63, 3.8) is 0 Å². The van der Waals surface area contributed by atoms with Gasteiger partial charge in [-0.2, -0.15) is 13.2 Å². The van der Waals surface area contributed by atoms with Crippen molar-refractivity contribution in [1.82, 2.24) is 9.55 Å². The van der Waals surface area contributed by atoms with Crippen LogP contribution in [0.4, 0.5) is 13.2 Å². The summed E-state index contributed by atoms with van der Waals surface area (Å²) < 4.78 is 38.2. The Hall–Kier alpha value is -1.85. The van der Waals surface area contributed by atoms with Crippen molar-refractivity contribution < 1.29 is 18.0 Å². The van der Waals surface area contributed by atoms with Gasteiger partial charge in [-0.25, -0.2) is 4.98 Å². The second-order valence-electron chi connectivity index (χ2n) is 3.39. The molecule has 16 heavy (non-hydrogen) atoms. The minimum Gasteiger partial charge on any atom is -0.334 e. The predicted octanol–water partition coefficient (Wildman–Crippen LogP) is 2.32. The largest absolute Gasteiger partial charge is 0.454 e. The highest BCUT2D eigenvalue weighted by Crippen LogP contribution is 2.23. The van der Waals surface area contributed by atoms with Crippen LogP contribution in [0.15, 0.2) is 24.5 Å². The standard InChI is InChI=1S/C10H7F3N2O/c1-15-5-14-7-4-6(2-3-8(7)15)9(16)10(11,12)13/h2-5H,1H3. The number of fused-ring (bicyclic) bond motifs is 1. The molecule has 0 fully saturated rings. The zero-order valence-corrected chi connectivity index (χ0v) is 8.25. The van der Waals surface area contributed by atoms with Gasteiger partial charge in [0.05, 0.1) is 17.4 Å². The van der Waals surface area contributed by atoms with Gasteiger partial charge in [-0.3, -0.25) is 4.79 Å². The van der Waals surface area contributed by atoms with Gasteiger partial charge in [0.15, 0.2) is 0 Å². The smallest absolute Gasteiger partial charge is 0.334 e. The maximum absolute atomic E-state index is 12.2. The van der Waals surface area contributed by atoms with E-state index in [2.05, 4.69) is 4.98 Å². The first-order chi connectivity index (χ1) is 7.39. The molecule has 0 aliphatic carbocycles. The summed E-state index contributed by atoms with van der Waals surface area (Å²) in [5.74, 6) is -1.85. The van der Waals surface area contributed by atoms with Crippen LogP contribution in [0.1, 0.15) is 10.4 Å². The number of benzene rings is 1. The number of hydrogen-bond acceptors (Lipinski definition) is 2. The number of imidazole rings is 1. The van der Waals surface area contributed by atoms with E-state index in [1.165, 1.54) is 12.4 Å². The van der Waals surface area contributed by atoms with E-state index >= 15 is 0 Å². The Morgan fingerprint density at radius 3 is 2.69 bits per heavy atom. The molecular formula is C10H7F3N2O. The highest BCUT2D eigenvalue weighted by atomic mass is 19.4. The normalized spacial score (nSPS) is 12.0. The van der Waals surface area contributed by atoms with Crippen molar-refractivity contribution in [1.29, 1.82) is 0 Å². The van der Waals surface area contributed by atoms with E-state index in [0.717, 1.165) is 12.1 Å². The SMILES string of the molecule is Cn1cnc2cc(C(=O)C(F)(F)F)ccc21. The number of halogens is 3. The molecular weight excluding hydrogens is 221 g/mol. The number of nitrogens with zero attached hydrogens (tertiary/aromatic N) is 2. The maximum Gasteiger partial charge on any atom is 0.454 e. The van der Waals surface area contributed by atoms with Gasteiger partial charge in [0, 0.05) is 12.6 Å². The third-order valence-corrected chi connectivity index (χ3v) is 2.25. The molecule has 1 aromatic carbocycles. The lowest BCUT2D eigenvalue weighted by molar-refractivity contribution is -0.0885. The first kappa shape index (κ1) is 10.7. The quantitative estimate of drug-likeness (QED) is 0.702. The summed E-state index contributed by atoms with van der Waals surface area (Å²) in [7, 11) is 1.72. The Bertz CT molecular complexity index is 557. The number of alkyl halides is 3. The van der Waals surface area contributed by atoms with Crippen molar-refractivity contribution in [2.24, 2.45) is 7.05 Å². The van der Waals surface area contributed by atoms with E-state index in [4.69, 9.17) is 0 Å². The summed E-state index contributed by atoms with van der Waals surface area (Å²) in [6, 6.07) is 3.74. The van der Waals surface area contributed by atoms with Crippen LogP contribution in [0, 0.1) is 0 Å². The zero-order chi connectivity index (χ0) is 11.9. The topological polar surface area (TPSA) is 34.9 Å². The monoisotopic (exact) mass is 228 g/mol. The summed E-state index contributed by atoms with van der Waals surface area (Å²) in [5.41, 5.74) is 0.662. The van der Waals surface area contributed by atoms with Crippen LogP contribution in [-0.2, 0) is 7.05 Å². The summed E-state index contributed by atoms with van der Waals surface area (Å²) in [6.45, 7) is 0. The third-order valence-electron chi connectivity index (χ3n) is 2.25. The molecule has 6 heteroatoms. The van der Waals surface area contributed by atoms with Crippen LogP contribution in [0.2, 0.25) is 0 Å². The molecule has 3 nitrogen and oxygen atoms in total. The number of aromatic nitrogens is 2. The Kier molecular flexibility index (Phi) is 2.22. The number of carbonyl (C=O) groups is 1. The molecule has 0 aliphatic rings. The third kappa shape index (κ3) is 1.66. The summed E-state index contributed by atoms with van der Waals surface area (Å²) >= 11 is 0. The molecule has 1 aromatic heterocycles. The van der Waals surface area contributed by atoms with E-state index in [1.54, 1.807) is 11.6 Å². The fourth-order valence-electron chi connectivity index (χ4n) is 1.44. The van der Waals surface area contributed by atoms with Gasteiger partial charge in [-0.15, -0.1) is 0 Å². The first-order valence-corrected chi connectivity index (χ1v) is 4.42. The number of ketones is 1. The Morgan fingerprint density at radius 2 is 2.06 bits per heavy atom. The van der Waals surface area contributed by atoms with Crippen molar-refractivity contribution in [3.05, 3.63) is 30.1 Å². The van der Waals surface area contributed by atoms with Gasteiger partial charge < -0.3 is 4.57 Å². The van der Waals surface area contributed by atoms with Gasteiger partial charge in [-0.05, 0) is 18.2 Å². The van der Waals surface area contributed by atoms with Crippen molar-refractivity contribution in [2.75, 3.05) is 0 Å². The van der Waals surface area contributed by atoms with Gasteiger partial charge in [0.25, 0.3) is 5.78 Å². The van der Waals surface area contributed by atoms with Crippen LogP contribution in [0.3, 0.4) is 0 Å². The lowest BCUT2D eigenvalue weighted by Crippen LogP contribution is -2.22. The molecule has 0 bridgehead atoms. The van der Waals surface area contributed by atoms with Gasteiger partial charge >= 0.3 is 6.18 Å². The summed E-state index contributed by atoms with van der Waals surface area (Å²) in [5, 5.41) is 0. The number of Topliss-reactive ketones (excluding diaryl/α,β-unsaturated/α-hetero) is 1. The molecule has 0 spiro atoms. The average Bonchev–Trinajstić information content (AvgIpc) is 2.57. The second kappa shape index (κ2) is 3.33. The van der Waals surface area contributed by atoms with E-state index in [1.807, 2.05) is 0 Å². The Balaban J connectivity index is 2.52.